The molecule has 0 aliphatic rings. The van der Waals surface area contributed by atoms with Gasteiger partial charge < -0.3 is 0 Å². The number of hydrogen-bond acceptors (Lipinski definition) is 2. The molecule has 0 aliphatic carbocycles. The quantitative estimate of drug-likeness (QED) is 0.486. The molecule has 0 atom stereocenters. The molecule has 0 radical (unpaired) electrons. The van der Waals surface area contributed by atoms with Gasteiger partial charge in [-0.2, -0.15) is 0 Å². The lowest BCUT2D eigenvalue weighted by Crippen LogP contribution is -2.11. The van der Waals surface area contributed by atoms with Crippen molar-refractivity contribution < 1.29 is 4.79 Å². The summed E-state index contributed by atoms with van der Waals surface area (Å²) in [5, 5.41) is 0. The van der Waals surface area contributed by atoms with Crippen LogP contribution in [0.15, 0.2) is 91.1 Å². The molecule has 3 nitrogen and oxygen atoms in total. The summed E-state index contributed by atoms with van der Waals surface area (Å²) in [6.07, 6.45) is 1.77. The van der Waals surface area contributed by atoms with E-state index in [1.54, 1.807) is 6.20 Å². The van der Waals surface area contributed by atoms with Crippen molar-refractivity contribution in [1.82, 2.24) is 9.55 Å². The fourth-order valence-electron chi connectivity index (χ4n) is 3.00. The summed E-state index contributed by atoms with van der Waals surface area (Å²) >= 11 is 0. The van der Waals surface area contributed by atoms with Crippen LogP contribution in [-0.4, -0.2) is 15.3 Å². The van der Waals surface area contributed by atoms with Crippen LogP contribution in [0, 0.1) is 6.92 Å². The van der Waals surface area contributed by atoms with Crippen molar-refractivity contribution >= 4 is 5.78 Å². The molecule has 0 bridgehead atoms. The SMILES string of the molecule is Cc1ccc(-n2c(-c3ccccc3)cnc2C(=O)c2ccccc2)cc1. The standard InChI is InChI=1S/C23H18N2O/c1-17-12-14-20(15-13-17)25-21(18-8-4-2-5-9-18)16-24-23(25)22(26)19-10-6-3-7-11-19/h2-16H,1H3. The van der Waals surface area contributed by atoms with Gasteiger partial charge in [0, 0.05) is 16.8 Å². The molecule has 3 heteroatoms. The predicted octanol–water partition coefficient (Wildman–Crippen LogP) is 5.08. The second-order valence-corrected chi connectivity index (χ2v) is 6.20. The Morgan fingerprint density at radius 1 is 0.808 bits per heavy atom. The van der Waals surface area contributed by atoms with Gasteiger partial charge in [-0.05, 0) is 19.1 Å². The number of nitrogens with zero attached hydrogens (tertiary/aromatic N) is 2. The van der Waals surface area contributed by atoms with Gasteiger partial charge in [-0.25, -0.2) is 4.98 Å². The Kier molecular flexibility index (Phi) is 4.20. The predicted molar refractivity (Wildman–Crippen MR) is 104 cm³/mol. The van der Waals surface area contributed by atoms with Crippen molar-refractivity contribution in [1.29, 1.82) is 0 Å². The molecule has 126 valence electrons. The monoisotopic (exact) mass is 338 g/mol. The number of imidazole rings is 1. The van der Waals surface area contributed by atoms with Crippen molar-refractivity contribution in [3.05, 3.63) is 108 Å². The molecule has 0 aliphatic heterocycles. The fraction of sp³-hybridized carbons (Fsp3) is 0.0435. The van der Waals surface area contributed by atoms with Gasteiger partial charge >= 0.3 is 0 Å². The van der Waals surface area contributed by atoms with Crippen molar-refractivity contribution in [3.8, 4) is 16.9 Å². The van der Waals surface area contributed by atoms with Crippen molar-refractivity contribution in [2.45, 2.75) is 6.92 Å². The second kappa shape index (κ2) is 6.81. The maximum absolute atomic E-state index is 13.1. The average molecular weight is 338 g/mol. The number of aryl methyl sites for hydroxylation is 1. The summed E-state index contributed by atoms with van der Waals surface area (Å²) < 4.78 is 1.93. The maximum atomic E-state index is 13.1. The highest BCUT2D eigenvalue weighted by Gasteiger charge is 2.20. The summed E-state index contributed by atoms with van der Waals surface area (Å²) in [5.74, 6) is 0.326. The number of ketones is 1. The first-order valence-electron chi connectivity index (χ1n) is 8.54. The molecule has 26 heavy (non-hydrogen) atoms. The minimum atomic E-state index is -0.0895. The van der Waals surface area contributed by atoms with Crippen LogP contribution in [-0.2, 0) is 0 Å². The normalized spacial score (nSPS) is 10.7. The highest BCUT2D eigenvalue weighted by atomic mass is 16.1. The molecular formula is C23H18N2O. The van der Waals surface area contributed by atoms with Crippen molar-refractivity contribution in [3.63, 3.8) is 0 Å². The zero-order valence-electron chi connectivity index (χ0n) is 14.5. The van der Waals surface area contributed by atoms with E-state index in [1.165, 1.54) is 5.56 Å². The highest BCUT2D eigenvalue weighted by molar-refractivity contribution is 6.07. The van der Waals surface area contributed by atoms with E-state index in [0.29, 0.717) is 11.4 Å². The number of carbonyl (C=O) groups is 1. The van der Waals surface area contributed by atoms with Gasteiger partial charge in [0.2, 0.25) is 5.78 Å². The van der Waals surface area contributed by atoms with Crippen LogP contribution in [0.4, 0.5) is 0 Å². The summed E-state index contributed by atoms with van der Waals surface area (Å²) in [6, 6.07) is 27.4. The molecule has 4 rings (SSSR count). The van der Waals surface area contributed by atoms with Gasteiger partial charge in [-0.1, -0.05) is 78.4 Å². The molecular weight excluding hydrogens is 320 g/mol. The van der Waals surface area contributed by atoms with Crippen LogP contribution >= 0.6 is 0 Å². The van der Waals surface area contributed by atoms with Crippen LogP contribution < -0.4 is 0 Å². The van der Waals surface area contributed by atoms with E-state index in [1.807, 2.05) is 96.4 Å². The maximum Gasteiger partial charge on any atom is 0.228 e. The van der Waals surface area contributed by atoms with E-state index in [4.69, 9.17) is 0 Å². The smallest absolute Gasteiger partial charge is 0.228 e. The lowest BCUT2D eigenvalue weighted by molar-refractivity contribution is 0.102. The summed E-state index contributed by atoms with van der Waals surface area (Å²) in [7, 11) is 0. The Morgan fingerprint density at radius 3 is 2.08 bits per heavy atom. The summed E-state index contributed by atoms with van der Waals surface area (Å²) in [6.45, 7) is 2.05. The average Bonchev–Trinajstić information content (AvgIpc) is 3.14. The third-order valence-corrected chi connectivity index (χ3v) is 4.36. The summed E-state index contributed by atoms with van der Waals surface area (Å²) in [4.78, 5) is 17.5. The molecule has 0 saturated carbocycles. The lowest BCUT2D eigenvalue weighted by atomic mass is 10.1. The van der Waals surface area contributed by atoms with Gasteiger partial charge in [0.05, 0.1) is 11.9 Å². The number of aromatic nitrogens is 2. The molecule has 0 amide bonds. The Labute approximate surface area is 152 Å². The molecule has 1 aromatic heterocycles. The Morgan fingerprint density at radius 2 is 1.42 bits per heavy atom. The van der Waals surface area contributed by atoms with E-state index >= 15 is 0 Å². The van der Waals surface area contributed by atoms with Crippen LogP contribution in [0.1, 0.15) is 21.7 Å². The molecule has 0 unspecified atom stereocenters. The third kappa shape index (κ3) is 2.95. The number of rotatable bonds is 4. The molecule has 0 saturated heterocycles. The fourth-order valence-corrected chi connectivity index (χ4v) is 3.00. The first kappa shape index (κ1) is 16.0. The lowest BCUT2D eigenvalue weighted by Gasteiger charge is -2.12. The van der Waals surface area contributed by atoms with E-state index in [2.05, 4.69) is 4.98 Å². The largest absolute Gasteiger partial charge is 0.290 e. The second-order valence-electron chi connectivity index (χ2n) is 6.20. The Hall–Kier alpha value is -3.46. The van der Waals surface area contributed by atoms with Crippen molar-refractivity contribution in [2.24, 2.45) is 0 Å². The number of benzene rings is 3. The molecule has 4 aromatic rings. The van der Waals surface area contributed by atoms with Gasteiger partial charge in [0.1, 0.15) is 0 Å². The minimum Gasteiger partial charge on any atom is -0.290 e. The molecule has 0 spiro atoms. The molecule has 3 aromatic carbocycles. The number of carbonyl (C=O) groups excluding carboxylic acids is 1. The molecule has 1 heterocycles. The van der Waals surface area contributed by atoms with E-state index < -0.39 is 0 Å². The third-order valence-electron chi connectivity index (χ3n) is 4.36. The summed E-state index contributed by atoms with van der Waals surface area (Å²) in [5.41, 5.74) is 4.64. The van der Waals surface area contributed by atoms with Gasteiger partial charge in [0.25, 0.3) is 0 Å². The first-order valence-corrected chi connectivity index (χ1v) is 8.54. The van der Waals surface area contributed by atoms with Gasteiger partial charge in [0.15, 0.2) is 5.82 Å². The minimum absolute atomic E-state index is 0.0895. The van der Waals surface area contributed by atoms with Crippen molar-refractivity contribution in [2.75, 3.05) is 0 Å². The highest BCUT2D eigenvalue weighted by Crippen LogP contribution is 2.26. The van der Waals surface area contributed by atoms with E-state index in [-0.39, 0.29) is 5.78 Å². The van der Waals surface area contributed by atoms with E-state index in [0.717, 1.165) is 16.9 Å². The van der Waals surface area contributed by atoms with Gasteiger partial charge in [-0.3, -0.25) is 9.36 Å². The van der Waals surface area contributed by atoms with Gasteiger partial charge in [-0.15, -0.1) is 0 Å². The zero-order valence-corrected chi connectivity index (χ0v) is 14.5. The molecule has 0 fully saturated rings. The van der Waals surface area contributed by atoms with Crippen LogP contribution in [0.25, 0.3) is 16.9 Å². The Bertz CT molecular complexity index is 1030. The van der Waals surface area contributed by atoms with Crippen LogP contribution in [0.2, 0.25) is 0 Å². The zero-order chi connectivity index (χ0) is 17.9. The first-order chi connectivity index (χ1) is 12.7. The topological polar surface area (TPSA) is 34.9 Å². The number of hydrogen-bond donors (Lipinski definition) is 0. The van der Waals surface area contributed by atoms with Crippen LogP contribution in [0.5, 0.6) is 0 Å². The van der Waals surface area contributed by atoms with Crippen LogP contribution in [0.3, 0.4) is 0 Å². The van der Waals surface area contributed by atoms with E-state index in [9.17, 15) is 4.79 Å². The Balaban J connectivity index is 1.91. The molecule has 0 N–H and O–H groups in total.